The van der Waals surface area contributed by atoms with Crippen molar-refractivity contribution in [2.24, 2.45) is 5.10 Å². The summed E-state index contributed by atoms with van der Waals surface area (Å²) in [7, 11) is 0. The van der Waals surface area contributed by atoms with E-state index in [9.17, 15) is 9.59 Å². The highest BCUT2D eigenvalue weighted by Gasteiger charge is 2.19. The fourth-order valence-corrected chi connectivity index (χ4v) is 3.06. The first kappa shape index (κ1) is 15.4. The van der Waals surface area contributed by atoms with Crippen LogP contribution in [0, 0.1) is 0 Å². The lowest BCUT2D eigenvalue weighted by Gasteiger charge is -2.11. The molecule has 0 atom stereocenters. The molecular formula is C15H13N7O2S. The lowest BCUT2D eigenvalue weighted by Crippen LogP contribution is -2.36. The first-order valence-electron chi connectivity index (χ1n) is 7.58. The topological polar surface area (TPSA) is 114 Å². The highest BCUT2D eigenvalue weighted by atomic mass is 32.1. The normalized spacial score (nSPS) is 14.2. The average Bonchev–Trinajstić information content (AvgIpc) is 3.30. The first-order valence-corrected chi connectivity index (χ1v) is 8.52. The largest absolute Gasteiger partial charge is 0.344 e. The van der Waals surface area contributed by atoms with Gasteiger partial charge >= 0.3 is 0 Å². The third kappa shape index (κ3) is 3.11. The number of carbonyl (C=O) groups excluding carboxylic acids is 2. The molecule has 0 saturated heterocycles. The van der Waals surface area contributed by atoms with Crippen LogP contribution in [0.2, 0.25) is 0 Å². The van der Waals surface area contributed by atoms with Gasteiger partial charge in [0.05, 0.1) is 12.2 Å². The molecule has 3 aromatic heterocycles. The van der Waals surface area contributed by atoms with Crippen molar-refractivity contribution in [1.29, 1.82) is 0 Å². The fraction of sp³-hybridized carbons (Fsp3) is 0.200. The number of nitrogens with zero attached hydrogens (tertiary/aromatic N) is 5. The van der Waals surface area contributed by atoms with Gasteiger partial charge in [-0.15, -0.1) is 10.2 Å². The Labute approximate surface area is 145 Å². The van der Waals surface area contributed by atoms with Crippen LogP contribution >= 0.6 is 11.3 Å². The van der Waals surface area contributed by atoms with Gasteiger partial charge in [-0.25, -0.2) is 5.43 Å². The molecule has 1 aliphatic heterocycles. The van der Waals surface area contributed by atoms with Crippen molar-refractivity contribution >= 4 is 34.5 Å². The number of rotatable bonds is 4. The molecule has 4 rings (SSSR count). The summed E-state index contributed by atoms with van der Waals surface area (Å²) in [5.74, 6) is -0.0169. The molecule has 0 saturated carbocycles. The quantitative estimate of drug-likeness (QED) is 0.716. The van der Waals surface area contributed by atoms with Crippen molar-refractivity contribution in [3.63, 3.8) is 0 Å². The Hall–Kier alpha value is -3.14. The number of hydrogen-bond acceptors (Lipinski definition) is 7. The molecule has 25 heavy (non-hydrogen) atoms. The summed E-state index contributed by atoms with van der Waals surface area (Å²) in [5.41, 5.74) is 5.02. The molecular weight excluding hydrogens is 342 g/mol. The van der Waals surface area contributed by atoms with Gasteiger partial charge in [-0.2, -0.15) is 26.1 Å². The number of thiophene rings is 1. The monoisotopic (exact) mass is 355 g/mol. The number of fused-ring (bicyclic) bond motifs is 1. The molecule has 2 amide bonds. The van der Waals surface area contributed by atoms with Crippen molar-refractivity contribution in [1.82, 2.24) is 30.6 Å². The lowest BCUT2D eigenvalue weighted by molar-refractivity contribution is -0.121. The van der Waals surface area contributed by atoms with E-state index < -0.39 is 0 Å². The van der Waals surface area contributed by atoms with E-state index in [0.29, 0.717) is 23.6 Å². The average molecular weight is 355 g/mol. The molecule has 9 nitrogen and oxygen atoms in total. The van der Waals surface area contributed by atoms with E-state index in [1.54, 1.807) is 15.9 Å². The van der Waals surface area contributed by atoms with Gasteiger partial charge in [-0.05, 0) is 23.6 Å². The van der Waals surface area contributed by atoms with Crippen LogP contribution in [0.4, 0.5) is 0 Å². The second kappa shape index (κ2) is 6.40. The summed E-state index contributed by atoms with van der Waals surface area (Å²) < 4.78 is 1.61. The maximum Gasteiger partial charge on any atom is 0.267 e. The molecule has 4 heterocycles. The number of aromatic nitrogens is 4. The summed E-state index contributed by atoms with van der Waals surface area (Å²) in [4.78, 5) is 23.2. The molecule has 0 unspecified atom stereocenters. The zero-order chi connectivity index (χ0) is 17.2. The van der Waals surface area contributed by atoms with E-state index in [0.717, 1.165) is 11.3 Å². The minimum absolute atomic E-state index is 0.160. The highest BCUT2D eigenvalue weighted by molar-refractivity contribution is 7.08. The maximum absolute atomic E-state index is 12.1. The Morgan fingerprint density at radius 1 is 1.28 bits per heavy atom. The Morgan fingerprint density at radius 2 is 2.20 bits per heavy atom. The van der Waals surface area contributed by atoms with Crippen molar-refractivity contribution in [2.75, 3.05) is 0 Å². The van der Waals surface area contributed by atoms with E-state index in [1.165, 1.54) is 0 Å². The van der Waals surface area contributed by atoms with Crippen molar-refractivity contribution in [3.05, 3.63) is 34.8 Å². The zero-order valence-electron chi connectivity index (χ0n) is 13.0. The minimum Gasteiger partial charge on any atom is -0.344 e. The third-order valence-corrected chi connectivity index (χ3v) is 4.40. The highest BCUT2D eigenvalue weighted by Crippen LogP contribution is 2.20. The molecule has 0 aliphatic carbocycles. The number of hydrogen-bond donors (Lipinski definition) is 2. The number of amides is 2. The summed E-state index contributed by atoms with van der Waals surface area (Å²) in [6, 6.07) is 5.70. The SMILES string of the molecule is O=C1CCC(C(=O)NCc2nnc3ccc(-c4ccsc4)nn23)=NN1. The van der Waals surface area contributed by atoms with Gasteiger partial charge < -0.3 is 5.32 Å². The van der Waals surface area contributed by atoms with Crippen LogP contribution in [0.25, 0.3) is 16.9 Å². The van der Waals surface area contributed by atoms with Crippen molar-refractivity contribution in [3.8, 4) is 11.3 Å². The zero-order valence-corrected chi connectivity index (χ0v) is 13.8. The van der Waals surface area contributed by atoms with Crippen LogP contribution in [-0.2, 0) is 16.1 Å². The fourth-order valence-electron chi connectivity index (χ4n) is 2.41. The Balaban J connectivity index is 1.52. The molecule has 0 spiro atoms. The summed E-state index contributed by atoms with van der Waals surface area (Å²) in [6.07, 6.45) is 0.574. The van der Waals surface area contributed by atoms with Crippen LogP contribution < -0.4 is 10.7 Å². The van der Waals surface area contributed by atoms with E-state index in [1.807, 2.05) is 29.0 Å². The van der Waals surface area contributed by atoms with Gasteiger partial charge in [-0.3, -0.25) is 9.59 Å². The molecule has 1 aliphatic rings. The second-order valence-electron chi connectivity index (χ2n) is 5.39. The molecule has 0 aromatic carbocycles. The lowest BCUT2D eigenvalue weighted by atomic mass is 10.1. The smallest absolute Gasteiger partial charge is 0.267 e. The van der Waals surface area contributed by atoms with Gasteiger partial charge in [0.1, 0.15) is 5.71 Å². The summed E-state index contributed by atoms with van der Waals surface area (Å²) in [6.45, 7) is 0.160. The van der Waals surface area contributed by atoms with Gasteiger partial charge in [-0.1, -0.05) is 0 Å². The maximum atomic E-state index is 12.1. The second-order valence-corrected chi connectivity index (χ2v) is 6.17. The molecule has 0 fully saturated rings. The number of hydrazone groups is 1. The third-order valence-electron chi connectivity index (χ3n) is 3.72. The first-order chi connectivity index (χ1) is 12.2. The van der Waals surface area contributed by atoms with Gasteiger partial charge in [0.25, 0.3) is 5.91 Å². The van der Waals surface area contributed by atoms with Crippen LogP contribution in [0.1, 0.15) is 18.7 Å². The van der Waals surface area contributed by atoms with Crippen molar-refractivity contribution in [2.45, 2.75) is 19.4 Å². The Bertz CT molecular complexity index is 977. The predicted molar refractivity (Wildman–Crippen MR) is 90.8 cm³/mol. The van der Waals surface area contributed by atoms with Crippen LogP contribution in [0.5, 0.6) is 0 Å². The van der Waals surface area contributed by atoms with Crippen molar-refractivity contribution < 1.29 is 9.59 Å². The Kier molecular flexibility index (Phi) is 3.94. The van der Waals surface area contributed by atoms with Gasteiger partial charge in [0.2, 0.25) is 5.91 Å². The van der Waals surface area contributed by atoms with E-state index in [2.05, 4.69) is 31.1 Å². The molecule has 0 radical (unpaired) electrons. The van der Waals surface area contributed by atoms with E-state index in [4.69, 9.17) is 0 Å². The molecule has 2 N–H and O–H groups in total. The van der Waals surface area contributed by atoms with E-state index in [-0.39, 0.29) is 24.8 Å². The standard InChI is InChI=1S/C15H13N7O2S/c23-14-4-2-11(17-20-14)15(24)16-7-13-19-18-12-3-1-10(21-22(12)13)9-5-6-25-8-9/h1,3,5-6,8H,2,4,7H2,(H,16,24)(H,20,23). The summed E-state index contributed by atoms with van der Waals surface area (Å²) in [5, 5.41) is 23.2. The van der Waals surface area contributed by atoms with Crippen LogP contribution in [0.15, 0.2) is 34.1 Å². The number of carbonyl (C=O) groups is 2. The molecule has 0 bridgehead atoms. The van der Waals surface area contributed by atoms with E-state index >= 15 is 0 Å². The molecule has 126 valence electrons. The molecule has 10 heteroatoms. The van der Waals surface area contributed by atoms with Gasteiger partial charge in [0, 0.05) is 23.8 Å². The van der Waals surface area contributed by atoms with Gasteiger partial charge in [0.15, 0.2) is 11.5 Å². The minimum atomic E-state index is -0.342. The number of nitrogens with one attached hydrogen (secondary N) is 2. The van der Waals surface area contributed by atoms with Crippen LogP contribution in [0.3, 0.4) is 0 Å². The molecule has 3 aromatic rings. The Morgan fingerprint density at radius 3 is 2.96 bits per heavy atom. The van der Waals surface area contributed by atoms with Crippen LogP contribution in [-0.4, -0.2) is 37.3 Å². The summed E-state index contributed by atoms with van der Waals surface area (Å²) >= 11 is 1.60. The predicted octanol–water partition coefficient (Wildman–Crippen LogP) is 0.735.